The van der Waals surface area contributed by atoms with Gasteiger partial charge in [-0.15, -0.1) is 0 Å². The van der Waals surface area contributed by atoms with Gasteiger partial charge in [-0.1, -0.05) is 77.3 Å². The van der Waals surface area contributed by atoms with Crippen molar-refractivity contribution in [3.8, 4) is 5.88 Å². The number of hydrogen-bond donors (Lipinski definition) is 2. The normalized spacial score (nSPS) is 15.7. The van der Waals surface area contributed by atoms with Crippen molar-refractivity contribution in [2.75, 3.05) is 29.9 Å². The third kappa shape index (κ3) is 6.03. The van der Waals surface area contributed by atoms with Crippen LogP contribution in [0.4, 0.5) is 15.1 Å². The molecule has 0 saturated carbocycles. The number of thiazole rings is 2. The molecule has 4 heterocycles. The molecule has 0 aliphatic carbocycles. The van der Waals surface area contributed by atoms with Gasteiger partial charge < -0.3 is 14.7 Å². The van der Waals surface area contributed by atoms with E-state index in [9.17, 15) is 14.7 Å². The summed E-state index contributed by atoms with van der Waals surface area (Å²) in [4.78, 5) is 39.5. The minimum atomic E-state index is -1.37. The quantitative estimate of drug-likeness (QED) is 0.186. The lowest BCUT2D eigenvalue weighted by molar-refractivity contribution is 0.102. The molecule has 7 rings (SSSR count). The number of piperidine rings is 1. The molecular formula is C33H31N5O4S2. The number of nitrogens with zero attached hydrogens (tertiary/aromatic N) is 4. The van der Waals surface area contributed by atoms with E-state index in [-0.39, 0.29) is 11.8 Å². The molecule has 3 aromatic carbocycles. The first-order valence-corrected chi connectivity index (χ1v) is 16.3. The van der Waals surface area contributed by atoms with E-state index in [0.717, 1.165) is 58.6 Å². The van der Waals surface area contributed by atoms with Gasteiger partial charge >= 0.3 is 6.16 Å². The molecule has 0 spiro atoms. The van der Waals surface area contributed by atoms with E-state index in [2.05, 4.69) is 55.4 Å². The molecule has 0 unspecified atom stereocenters. The maximum Gasteiger partial charge on any atom is 0.512 e. The number of likely N-dealkylation sites (tertiary alicyclic amines) is 1. The number of anilines is 2. The van der Waals surface area contributed by atoms with Crippen molar-refractivity contribution in [1.82, 2.24) is 14.9 Å². The van der Waals surface area contributed by atoms with E-state index >= 15 is 0 Å². The number of ether oxygens (including phenoxy) is 1. The number of rotatable bonds is 7. The van der Waals surface area contributed by atoms with Crippen LogP contribution in [0.2, 0.25) is 0 Å². The van der Waals surface area contributed by atoms with Crippen LogP contribution < -0.4 is 15.0 Å². The molecular weight excluding hydrogens is 595 g/mol. The van der Waals surface area contributed by atoms with E-state index in [1.807, 2.05) is 42.5 Å². The van der Waals surface area contributed by atoms with E-state index in [0.29, 0.717) is 41.4 Å². The van der Waals surface area contributed by atoms with Gasteiger partial charge in [-0.3, -0.25) is 15.0 Å². The van der Waals surface area contributed by atoms with Gasteiger partial charge in [-0.25, -0.2) is 9.78 Å². The summed E-state index contributed by atoms with van der Waals surface area (Å²) >= 11 is 2.92. The molecule has 2 aliphatic heterocycles. The SMILES string of the molecule is O=C(O)Oc1nc(N2CCc3cccc(C(=O)Nc4nc5ccccc5s4)c3C2)sc1CN1CCC(c2ccccc2)CC1. The molecule has 2 aliphatic rings. The van der Waals surface area contributed by atoms with Crippen molar-refractivity contribution in [3.05, 3.63) is 99.9 Å². The third-order valence-corrected chi connectivity index (χ3v) is 10.4. The van der Waals surface area contributed by atoms with Crippen LogP contribution >= 0.6 is 22.7 Å². The number of amides is 1. The average Bonchev–Trinajstić information content (AvgIpc) is 3.64. The molecule has 1 amide bonds. The number of fused-ring (bicyclic) bond motifs is 2. The Morgan fingerprint density at radius 3 is 2.52 bits per heavy atom. The van der Waals surface area contributed by atoms with Crippen molar-refractivity contribution >= 4 is 55.2 Å². The Labute approximate surface area is 262 Å². The third-order valence-electron chi connectivity index (χ3n) is 8.36. The fourth-order valence-electron chi connectivity index (χ4n) is 6.12. The maximum atomic E-state index is 13.5. The zero-order valence-corrected chi connectivity index (χ0v) is 25.6. The largest absolute Gasteiger partial charge is 0.512 e. The minimum Gasteiger partial charge on any atom is -0.449 e. The van der Waals surface area contributed by atoms with Gasteiger partial charge in [0.1, 0.15) is 0 Å². The molecule has 9 nitrogen and oxygen atoms in total. The van der Waals surface area contributed by atoms with E-state index in [1.54, 1.807) is 0 Å². The lowest BCUT2D eigenvalue weighted by atomic mass is 9.89. The first-order valence-electron chi connectivity index (χ1n) is 14.7. The molecule has 0 atom stereocenters. The Hall–Kier alpha value is -4.32. The van der Waals surface area contributed by atoms with Gasteiger partial charge in [0.2, 0.25) is 5.88 Å². The summed E-state index contributed by atoms with van der Waals surface area (Å²) in [5.41, 5.74) is 4.90. The van der Waals surface area contributed by atoms with Gasteiger partial charge in [0.25, 0.3) is 5.91 Å². The Balaban J connectivity index is 1.07. The van der Waals surface area contributed by atoms with Crippen molar-refractivity contribution in [1.29, 1.82) is 0 Å². The standard InChI is InChI=1S/C33H31N5O4S2/c39-29(35-31-34-26-11-4-5-12-27(26)43-31)24-10-6-9-23-15-18-38(19-25(23)24)32-36-30(42-33(40)41)28(44-32)20-37-16-13-22(14-17-37)21-7-2-1-3-8-21/h1-12,22H,13-20H2,(H,40,41)(H,34,35,39). The highest BCUT2D eigenvalue weighted by Gasteiger charge is 2.28. The second kappa shape index (κ2) is 12.4. The molecule has 5 aromatic rings. The monoisotopic (exact) mass is 625 g/mol. The average molecular weight is 626 g/mol. The molecule has 1 fully saturated rings. The minimum absolute atomic E-state index is 0.148. The summed E-state index contributed by atoms with van der Waals surface area (Å²) in [6.45, 7) is 3.62. The van der Waals surface area contributed by atoms with Crippen molar-refractivity contribution in [2.24, 2.45) is 0 Å². The van der Waals surface area contributed by atoms with Crippen LogP contribution in [0.3, 0.4) is 0 Å². The van der Waals surface area contributed by atoms with Crippen LogP contribution in [-0.2, 0) is 19.5 Å². The smallest absolute Gasteiger partial charge is 0.449 e. The Bertz CT molecular complexity index is 1780. The fourth-order valence-corrected chi connectivity index (χ4v) is 8.04. The zero-order valence-electron chi connectivity index (χ0n) is 23.9. The fraction of sp³-hybridized carbons (Fsp3) is 0.273. The molecule has 0 radical (unpaired) electrons. The summed E-state index contributed by atoms with van der Waals surface area (Å²) in [6.07, 6.45) is 1.48. The molecule has 1 saturated heterocycles. The number of nitrogens with one attached hydrogen (secondary N) is 1. The van der Waals surface area contributed by atoms with E-state index in [4.69, 9.17) is 4.74 Å². The summed E-state index contributed by atoms with van der Waals surface area (Å²) in [7, 11) is 0. The summed E-state index contributed by atoms with van der Waals surface area (Å²) in [5.74, 6) is 0.486. The van der Waals surface area contributed by atoms with Gasteiger partial charge in [-0.05, 0) is 73.2 Å². The number of hydrogen-bond acceptors (Lipinski definition) is 9. The molecule has 2 N–H and O–H groups in total. The van der Waals surface area contributed by atoms with Crippen LogP contribution in [0.25, 0.3) is 10.2 Å². The predicted octanol–water partition coefficient (Wildman–Crippen LogP) is 7.00. The lowest BCUT2D eigenvalue weighted by Crippen LogP contribution is -2.32. The summed E-state index contributed by atoms with van der Waals surface area (Å²) < 4.78 is 6.18. The van der Waals surface area contributed by atoms with Crippen LogP contribution in [0.1, 0.15) is 50.7 Å². The predicted molar refractivity (Wildman–Crippen MR) is 173 cm³/mol. The van der Waals surface area contributed by atoms with Crippen molar-refractivity contribution in [3.63, 3.8) is 0 Å². The highest BCUT2D eigenvalue weighted by molar-refractivity contribution is 7.22. The van der Waals surface area contributed by atoms with Crippen LogP contribution in [0.15, 0.2) is 72.8 Å². The molecule has 224 valence electrons. The Morgan fingerprint density at radius 2 is 1.73 bits per heavy atom. The number of carbonyl (C=O) groups excluding carboxylic acids is 1. The summed E-state index contributed by atoms with van der Waals surface area (Å²) in [5, 5.41) is 13.7. The van der Waals surface area contributed by atoms with Gasteiger partial charge in [0, 0.05) is 25.2 Å². The summed E-state index contributed by atoms with van der Waals surface area (Å²) in [6, 6.07) is 24.3. The first-order chi connectivity index (χ1) is 21.5. The Morgan fingerprint density at radius 1 is 0.932 bits per heavy atom. The van der Waals surface area contributed by atoms with Gasteiger partial charge in [-0.2, -0.15) is 4.98 Å². The highest BCUT2D eigenvalue weighted by atomic mass is 32.1. The number of aromatic nitrogens is 2. The highest BCUT2D eigenvalue weighted by Crippen LogP contribution is 2.37. The number of carbonyl (C=O) groups is 2. The number of benzene rings is 3. The van der Waals surface area contributed by atoms with E-state index < -0.39 is 6.16 Å². The topological polar surface area (TPSA) is 108 Å². The van der Waals surface area contributed by atoms with Crippen LogP contribution in [-0.4, -0.2) is 51.7 Å². The molecule has 0 bridgehead atoms. The maximum absolute atomic E-state index is 13.5. The zero-order chi connectivity index (χ0) is 30.0. The van der Waals surface area contributed by atoms with Crippen LogP contribution in [0.5, 0.6) is 5.88 Å². The van der Waals surface area contributed by atoms with Gasteiger partial charge in [0.05, 0.1) is 15.1 Å². The van der Waals surface area contributed by atoms with Crippen LogP contribution in [0, 0.1) is 0 Å². The number of para-hydroxylation sites is 1. The first kappa shape index (κ1) is 28.5. The molecule has 11 heteroatoms. The second-order valence-corrected chi connectivity index (χ2v) is 13.2. The Kier molecular flexibility index (Phi) is 7.99. The molecule has 2 aromatic heterocycles. The van der Waals surface area contributed by atoms with Gasteiger partial charge in [0.15, 0.2) is 10.3 Å². The van der Waals surface area contributed by atoms with Crippen molar-refractivity contribution in [2.45, 2.75) is 38.3 Å². The second-order valence-electron chi connectivity index (χ2n) is 11.1. The number of carboxylic acid groups (broad SMARTS) is 1. The van der Waals surface area contributed by atoms with E-state index in [1.165, 1.54) is 28.2 Å². The molecule has 44 heavy (non-hydrogen) atoms. The lowest BCUT2D eigenvalue weighted by Gasteiger charge is -2.32. The van der Waals surface area contributed by atoms with Crippen molar-refractivity contribution < 1.29 is 19.4 Å².